The molecule has 3 rings (SSSR count). The summed E-state index contributed by atoms with van der Waals surface area (Å²) >= 11 is 4.64. The summed E-state index contributed by atoms with van der Waals surface area (Å²) in [6.07, 6.45) is 1.44. The summed E-state index contributed by atoms with van der Waals surface area (Å²) in [5.41, 5.74) is 1.49. The first-order chi connectivity index (χ1) is 13.9. The van der Waals surface area contributed by atoms with Gasteiger partial charge in [-0.05, 0) is 57.9 Å². The van der Waals surface area contributed by atoms with Crippen molar-refractivity contribution in [3.8, 4) is 0 Å². The third-order valence-corrected chi connectivity index (χ3v) is 5.57. The number of furan rings is 1. The minimum absolute atomic E-state index is 0.0361. The van der Waals surface area contributed by atoms with Crippen LogP contribution >= 0.6 is 27.3 Å². The molecule has 0 aliphatic rings. The van der Waals surface area contributed by atoms with Crippen molar-refractivity contribution < 1.29 is 18.8 Å². The van der Waals surface area contributed by atoms with E-state index in [1.54, 1.807) is 55.6 Å². The van der Waals surface area contributed by atoms with Crippen LogP contribution in [0.5, 0.6) is 0 Å². The van der Waals surface area contributed by atoms with Gasteiger partial charge in [-0.3, -0.25) is 14.4 Å². The topological polar surface area (TPSA) is 91.7 Å². The van der Waals surface area contributed by atoms with Crippen LogP contribution in [0.1, 0.15) is 25.8 Å². The lowest BCUT2D eigenvalue weighted by molar-refractivity contribution is -0.121. The first-order valence-electron chi connectivity index (χ1n) is 8.63. The molecule has 2 aromatic heterocycles. The van der Waals surface area contributed by atoms with Crippen LogP contribution in [0, 0.1) is 0 Å². The molecule has 3 amide bonds. The summed E-state index contributed by atoms with van der Waals surface area (Å²) in [6.45, 7) is 0.281. The standard InChI is InChI=1S/C20H18BrN3O4S/c1-24(20(27)16-8-9-17(21)29-16)12-18(25)22-11-13-4-6-14(7-5-13)23-19(26)15-3-2-10-28-15/h2-10H,11-12H2,1H3,(H,22,25)(H,23,26). The van der Waals surface area contributed by atoms with Crippen LogP contribution in [-0.4, -0.2) is 36.2 Å². The predicted octanol–water partition coefficient (Wildman–Crippen LogP) is 3.74. The largest absolute Gasteiger partial charge is 0.459 e. The number of nitrogens with zero attached hydrogens (tertiary/aromatic N) is 1. The molecule has 2 N–H and O–H groups in total. The van der Waals surface area contributed by atoms with Crippen LogP contribution in [-0.2, 0) is 11.3 Å². The third-order valence-electron chi connectivity index (χ3n) is 3.96. The first kappa shape index (κ1) is 20.8. The molecule has 1 aromatic carbocycles. The number of rotatable bonds is 7. The van der Waals surface area contributed by atoms with Crippen LogP contribution in [0.2, 0.25) is 0 Å². The Bertz CT molecular complexity index is 999. The average molecular weight is 476 g/mol. The molecule has 0 radical (unpaired) electrons. The van der Waals surface area contributed by atoms with Gasteiger partial charge in [0.15, 0.2) is 5.76 Å². The maximum atomic E-state index is 12.3. The van der Waals surface area contributed by atoms with Gasteiger partial charge >= 0.3 is 0 Å². The maximum absolute atomic E-state index is 12.3. The molecule has 0 aliphatic heterocycles. The Kier molecular flexibility index (Phi) is 6.84. The van der Waals surface area contributed by atoms with Crippen LogP contribution in [0.4, 0.5) is 5.69 Å². The van der Waals surface area contributed by atoms with E-state index >= 15 is 0 Å². The van der Waals surface area contributed by atoms with Crippen molar-refractivity contribution in [2.45, 2.75) is 6.54 Å². The molecule has 150 valence electrons. The lowest BCUT2D eigenvalue weighted by Gasteiger charge is -2.16. The summed E-state index contributed by atoms with van der Waals surface area (Å²) in [6, 6.07) is 13.8. The monoisotopic (exact) mass is 475 g/mol. The smallest absolute Gasteiger partial charge is 0.291 e. The van der Waals surface area contributed by atoms with Gasteiger partial charge in [-0.15, -0.1) is 11.3 Å². The Morgan fingerprint density at radius 3 is 2.48 bits per heavy atom. The maximum Gasteiger partial charge on any atom is 0.291 e. The summed E-state index contributed by atoms with van der Waals surface area (Å²) in [5.74, 6) is -0.560. The number of hydrogen-bond donors (Lipinski definition) is 2. The zero-order valence-electron chi connectivity index (χ0n) is 15.5. The second-order valence-electron chi connectivity index (χ2n) is 6.17. The molecular formula is C20H18BrN3O4S. The van der Waals surface area contributed by atoms with Gasteiger partial charge < -0.3 is 20.0 Å². The van der Waals surface area contributed by atoms with Crippen molar-refractivity contribution >= 4 is 50.7 Å². The quantitative estimate of drug-likeness (QED) is 0.544. The molecule has 0 saturated carbocycles. The molecule has 0 aliphatic carbocycles. The van der Waals surface area contributed by atoms with E-state index in [0.29, 0.717) is 17.1 Å². The second kappa shape index (κ2) is 9.53. The van der Waals surface area contributed by atoms with E-state index in [0.717, 1.165) is 9.35 Å². The number of carbonyl (C=O) groups excluding carboxylic acids is 3. The van der Waals surface area contributed by atoms with Gasteiger partial charge in [0, 0.05) is 19.3 Å². The van der Waals surface area contributed by atoms with Gasteiger partial charge in [0.2, 0.25) is 5.91 Å². The lowest BCUT2D eigenvalue weighted by Crippen LogP contribution is -2.37. The number of amides is 3. The minimum Gasteiger partial charge on any atom is -0.459 e. The van der Waals surface area contributed by atoms with Gasteiger partial charge in [0.25, 0.3) is 11.8 Å². The van der Waals surface area contributed by atoms with E-state index in [-0.39, 0.29) is 30.0 Å². The predicted molar refractivity (Wildman–Crippen MR) is 114 cm³/mol. The Labute approximate surface area is 179 Å². The highest BCUT2D eigenvalue weighted by Crippen LogP contribution is 2.23. The lowest BCUT2D eigenvalue weighted by atomic mass is 10.2. The SMILES string of the molecule is CN(CC(=O)NCc1ccc(NC(=O)c2ccco2)cc1)C(=O)c1ccc(Br)s1. The molecule has 29 heavy (non-hydrogen) atoms. The van der Waals surface area contributed by atoms with Crippen LogP contribution in [0.25, 0.3) is 0 Å². The fourth-order valence-corrected chi connectivity index (χ4v) is 3.85. The van der Waals surface area contributed by atoms with E-state index in [4.69, 9.17) is 4.42 Å². The zero-order valence-corrected chi connectivity index (χ0v) is 17.9. The first-order valence-corrected chi connectivity index (χ1v) is 10.2. The average Bonchev–Trinajstić information content (AvgIpc) is 3.38. The van der Waals surface area contributed by atoms with Crippen LogP contribution in [0.3, 0.4) is 0 Å². The molecule has 0 saturated heterocycles. The molecule has 2 heterocycles. The van der Waals surface area contributed by atoms with E-state index in [1.807, 2.05) is 0 Å². The summed E-state index contributed by atoms with van der Waals surface area (Å²) in [4.78, 5) is 38.3. The number of halogens is 1. The molecule has 7 nitrogen and oxygen atoms in total. The Balaban J connectivity index is 1.46. The van der Waals surface area contributed by atoms with Crippen molar-refractivity contribution in [2.24, 2.45) is 0 Å². The molecule has 3 aromatic rings. The van der Waals surface area contributed by atoms with Crippen molar-refractivity contribution in [3.05, 3.63) is 74.8 Å². The summed E-state index contributed by atoms with van der Waals surface area (Å²) < 4.78 is 5.91. The number of thiophene rings is 1. The van der Waals surface area contributed by atoms with Crippen molar-refractivity contribution in [2.75, 3.05) is 18.9 Å². The van der Waals surface area contributed by atoms with Gasteiger partial charge in [0.05, 0.1) is 21.5 Å². The molecule has 0 fully saturated rings. The number of carbonyl (C=O) groups is 3. The highest BCUT2D eigenvalue weighted by atomic mass is 79.9. The Morgan fingerprint density at radius 2 is 1.86 bits per heavy atom. The fourth-order valence-electron chi connectivity index (χ4n) is 2.47. The van der Waals surface area contributed by atoms with E-state index < -0.39 is 0 Å². The molecule has 0 bridgehead atoms. The van der Waals surface area contributed by atoms with Crippen molar-refractivity contribution in [1.82, 2.24) is 10.2 Å². The third kappa shape index (κ3) is 5.78. The van der Waals surface area contributed by atoms with E-state index in [1.165, 1.54) is 22.5 Å². The van der Waals surface area contributed by atoms with Gasteiger partial charge in [-0.1, -0.05) is 12.1 Å². The van der Waals surface area contributed by atoms with Crippen molar-refractivity contribution in [3.63, 3.8) is 0 Å². The molecule has 0 unspecified atom stereocenters. The second-order valence-corrected chi connectivity index (χ2v) is 8.63. The number of hydrogen-bond acceptors (Lipinski definition) is 5. The van der Waals surface area contributed by atoms with E-state index in [2.05, 4.69) is 26.6 Å². The minimum atomic E-state index is -0.332. The van der Waals surface area contributed by atoms with Gasteiger partial charge in [-0.25, -0.2) is 0 Å². The Morgan fingerprint density at radius 1 is 1.10 bits per heavy atom. The van der Waals surface area contributed by atoms with Crippen LogP contribution < -0.4 is 10.6 Å². The highest BCUT2D eigenvalue weighted by molar-refractivity contribution is 9.11. The Hall–Kier alpha value is -2.91. The van der Waals surface area contributed by atoms with Crippen LogP contribution in [0.15, 0.2) is 63.0 Å². The summed E-state index contributed by atoms with van der Waals surface area (Å²) in [7, 11) is 1.59. The summed E-state index contributed by atoms with van der Waals surface area (Å²) in [5, 5.41) is 5.51. The number of likely N-dealkylation sites (N-methyl/N-ethyl adjacent to an activating group) is 1. The fraction of sp³-hybridized carbons (Fsp3) is 0.150. The van der Waals surface area contributed by atoms with E-state index in [9.17, 15) is 14.4 Å². The molecule has 0 atom stereocenters. The molecule has 0 spiro atoms. The normalized spacial score (nSPS) is 10.4. The highest BCUT2D eigenvalue weighted by Gasteiger charge is 2.16. The molecular weight excluding hydrogens is 458 g/mol. The number of anilines is 1. The number of benzene rings is 1. The van der Waals surface area contributed by atoms with Crippen molar-refractivity contribution in [1.29, 1.82) is 0 Å². The zero-order chi connectivity index (χ0) is 20.8. The molecule has 9 heteroatoms. The van der Waals surface area contributed by atoms with Gasteiger partial charge in [0.1, 0.15) is 0 Å². The number of nitrogens with one attached hydrogen (secondary N) is 2. The van der Waals surface area contributed by atoms with Gasteiger partial charge in [-0.2, -0.15) is 0 Å².